The molecule has 0 bridgehead atoms. The molecule has 7 heteroatoms. The van der Waals surface area contributed by atoms with Crippen LogP contribution < -0.4 is 15.5 Å². The first kappa shape index (κ1) is 17.8. The average Bonchev–Trinajstić information content (AvgIpc) is 2.56. The normalized spacial score (nSPS) is 11.8. The number of benzene rings is 2. The highest BCUT2D eigenvalue weighted by molar-refractivity contribution is 7.80. The summed E-state index contributed by atoms with van der Waals surface area (Å²) < 4.78 is 0. The second kappa shape index (κ2) is 8.37. The van der Waals surface area contributed by atoms with Crippen molar-refractivity contribution in [3.63, 3.8) is 0 Å². The number of thiocarbonyl (C=S) groups is 1. The Hall–Kier alpha value is -2.51. The summed E-state index contributed by atoms with van der Waals surface area (Å²) in [7, 11) is 4.21. The number of non-ortho nitro benzene ring substituents is 1. The minimum absolute atomic E-state index is 0.0553. The summed E-state index contributed by atoms with van der Waals surface area (Å²) in [4.78, 5) is 11.5. The van der Waals surface area contributed by atoms with E-state index in [4.69, 9.17) is 12.2 Å². The third kappa shape index (κ3) is 5.00. The average molecular weight is 345 g/mol. The number of quaternary nitrogens is 1. The van der Waals surface area contributed by atoms with Crippen molar-refractivity contribution in [2.45, 2.75) is 6.04 Å². The fourth-order valence-electron chi connectivity index (χ4n) is 2.38. The van der Waals surface area contributed by atoms with E-state index in [2.05, 4.69) is 36.9 Å². The summed E-state index contributed by atoms with van der Waals surface area (Å²) in [5.74, 6) is 0. The molecule has 0 spiro atoms. The van der Waals surface area contributed by atoms with Crippen LogP contribution in [0.5, 0.6) is 0 Å². The summed E-state index contributed by atoms with van der Waals surface area (Å²) in [6.45, 7) is 0.686. The standard InChI is InChI=1S/C17H20N4O2S/c1-20(2)16(13-6-4-3-5-7-13)12-18-17(24)19-14-8-10-15(11-9-14)21(22)23/h3-11,16H,12H2,1-2H3,(H2,18,19,24)/p+1/t16-/m0/s1. The molecule has 1 atom stereocenters. The van der Waals surface area contributed by atoms with Gasteiger partial charge in [-0.15, -0.1) is 0 Å². The lowest BCUT2D eigenvalue weighted by atomic mass is 10.1. The Balaban J connectivity index is 1.92. The maximum absolute atomic E-state index is 10.7. The van der Waals surface area contributed by atoms with E-state index in [1.54, 1.807) is 12.1 Å². The highest BCUT2D eigenvalue weighted by atomic mass is 32.1. The predicted octanol–water partition coefficient (Wildman–Crippen LogP) is 1.77. The van der Waals surface area contributed by atoms with Crippen LogP contribution in [-0.4, -0.2) is 30.7 Å². The number of anilines is 1. The third-order valence-corrected chi connectivity index (χ3v) is 3.95. The zero-order valence-corrected chi connectivity index (χ0v) is 14.5. The van der Waals surface area contributed by atoms with Crippen molar-refractivity contribution in [1.29, 1.82) is 0 Å². The van der Waals surface area contributed by atoms with Crippen LogP contribution in [0.1, 0.15) is 11.6 Å². The molecule has 0 fully saturated rings. The van der Waals surface area contributed by atoms with Gasteiger partial charge in [-0.3, -0.25) is 10.1 Å². The van der Waals surface area contributed by atoms with Crippen LogP contribution in [-0.2, 0) is 0 Å². The summed E-state index contributed by atoms with van der Waals surface area (Å²) in [5, 5.41) is 17.4. The van der Waals surface area contributed by atoms with Gasteiger partial charge in [0.2, 0.25) is 0 Å². The topological polar surface area (TPSA) is 71.6 Å². The lowest BCUT2D eigenvalue weighted by molar-refractivity contribution is -0.890. The molecule has 24 heavy (non-hydrogen) atoms. The number of nitro benzene ring substituents is 1. The highest BCUT2D eigenvalue weighted by Gasteiger charge is 2.17. The van der Waals surface area contributed by atoms with Crippen molar-refractivity contribution in [2.24, 2.45) is 0 Å². The van der Waals surface area contributed by atoms with Gasteiger partial charge in [-0.2, -0.15) is 0 Å². The molecule has 0 unspecified atom stereocenters. The fourth-order valence-corrected chi connectivity index (χ4v) is 2.58. The van der Waals surface area contributed by atoms with Crippen LogP contribution in [0.2, 0.25) is 0 Å². The van der Waals surface area contributed by atoms with Crippen LogP contribution >= 0.6 is 12.2 Å². The molecule has 0 amide bonds. The van der Waals surface area contributed by atoms with Gasteiger partial charge in [0.15, 0.2) is 5.11 Å². The molecule has 0 heterocycles. The smallest absolute Gasteiger partial charge is 0.269 e. The molecule has 0 aliphatic rings. The minimum atomic E-state index is -0.426. The van der Waals surface area contributed by atoms with E-state index in [0.29, 0.717) is 17.3 Å². The van der Waals surface area contributed by atoms with E-state index in [1.807, 2.05) is 18.2 Å². The Morgan fingerprint density at radius 1 is 1.17 bits per heavy atom. The number of nitrogens with zero attached hydrogens (tertiary/aromatic N) is 1. The molecule has 3 N–H and O–H groups in total. The zero-order chi connectivity index (χ0) is 17.5. The number of hydrogen-bond acceptors (Lipinski definition) is 3. The van der Waals surface area contributed by atoms with Gasteiger partial charge in [0, 0.05) is 23.4 Å². The summed E-state index contributed by atoms with van der Waals surface area (Å²) >= 11 is 5.31. The van der Waals surface area contributed by atoms with Crippen LogP contribution in [0, 0.1) is 10.1 Å². The quantitative estimate of drug-likeness (QED) is 0.423. The van der Waals surface area contributed by atoms with Crippen molar-refractivity contribution >= 4 is 28.7 Å². The Morgan fingerprint density at radius 2 is 1.79 bits per heavy atom. The number of rotatable bonds is 6. The Labute approximate surface area is 146 Å². The summed E-state index contributed by atoms with van der Waals surface area (Å²) in [6, 6.07) is 16.7. The molecule has 0 aromatic heterocycles. The van der Waals surface area contributed by atoms with E-state index < -0.39 is 4.92 Å². The van der Waals surface area contributed by atoms with Gasteiger partial charge in [0.25, 0.3) is 5.69 Å². The Bertz CT molecular complexity index is 689. The fraction of sp³-hybridized carbons (Fsp3) is 0.235. The summed E-state index contributed by atoms with van der Waals surface area (Å²) in [6.07, 6.45) is 0. The van der Waals surface area contributed by atoms with E-state index in [9.17, 15) is 10.1 Å². The van der Waals surface area contributed by atoms with Crippen molar-refractivity contribution in [3.05, 3.63) is 70.3 Å². The molecule has 126 valence electrons. The first-order valence-electron chi connectivity index (χ1n) is 7.61. The molecule has 0 aliphatic carbocycles. The first-order chi connectivity index (χ1) is 11.5. The van der Waals surface area contributed by atoms with E-state index >= 15 is 0 Å². The first-order valence-corrected chi connectivity index (χ1v) is 8.02. The molecule has 2 aromatic carbocycles. The zero-order valence-electron chi connectivity index (χ0n) is 13.7. The van der Waals surface area contributed by atoms with Crippen molar-refractivity contribution in [1.82, 2.24) is 5.32 Å². The Morgan fingerprint density at radius 3 is 2.33 bits per heavy atom. The van der Waals surface area contributed by atoms with Crippen LogP contribution in [0.4, 0.5) is 11.4 Å². The van der Waals surface area contributed by atoms with E-state index in [1.165, 1.54) is 22.6 Å². The molecule has 0 radical (unpaired) electrons. The number of nitrogens with one attached hydrogen (secondary N) is 3. The monoisotopic (exact) mass is 345 g/mol. The largest absolute Gasteiger partial charge is 0.356 e. The molecular formula is C17H21N4O2S+. The van der Waals surface area contributed by atoms with Gasteiger partial charge in [-0.25, -0.2) is 0 Å². The van der Waals surface area contributed by atoms with Crippen LogP contribution in [0.3, 0.4) is 0 Å². The molecule has 0 saturated heterocycles. The molecule has 6 nitrogen and oxygen atoms in total. The molecule has 2 aromatic rings. The van der Waals surface area contributed by atoms with E-state index in [-0.39, 0.29) is 11.7 Å². The number of likely N-dealkylation sites (N-methyl/N-ethyl adjacent to an activating group) is 1. The van der Waals surface area contributed by atoms with Gasteiger partial charge in [0.05, 0.1) is 25.6 Å². The molecule has 0 aliphatic heterocycles. The lowest BCUT2D eigenvalue weighted by Crippen LogP contribution is -3.07. The van der Waals surface area contributed by atoms with Crippen molar-refractivity contribution in [3.8, 4) is 0 Å². The highest BCUT2D eigenvalue weighted by Crippen LogP contribution is 2.15. The van der Waals surface area contributed by atoms with E-state index in [0.717, 1.165) is 0 Å². The van der Waals surface area contributed by atoms with Gasteiger partial charge >= 0.3 is 0 Å². The van der Waals surface area contributed by atoms with Crippen molar-refractivity contribution < 1.29 is 9.82 Å². The maximum atomic E-state index is 10.7. The van der Waals surface area contributed by atoms with Gasteiger partial charge in [0.1, 0.15) is 6.04 Å². The van der Waals surface area contributed by atoms with Gasteiger partial charge in [-0.05, 0) is 24.4 Å². The molecular weight excluding hydrogens is 324 g/mol. The van der Waals surface area contributed by atoms with Gasteiger partial charge < -0.3 is 15.5 Å². The second-order valence-electron chi connectivity index (χ2n) is 5.68. The Kier molecular flexibility index (Phi) is 6.22. The molecule has 0 saturated carbocycles. The second-order valence-corrected chi connectivity index (χ2v) is 6.09. The van der Waals surface area contributed by atoms with Gasteiger partial charge in [-0.1, -0.05) is 30.3 Å². The molecule has 2 rings (SSSR count). The van der Waals surface area contributed by atoms with Crippen molar-refractivity contribution in [2.75, 3.05) is 26.0 Å². The summed E-state index contributed by atoms with van der Waals surface area (Å²) in [5.41, 5.74) is 2.01. The maximum Gasteiger partial charge on any atom is 0.269 e. The predicted molar refractivity (Wildman–Crippen MR) is 99.3 cm³/mol. The SMILES string of the molecule is C[NH+](C)[C@@H](CNC(=S)Nc1ccc([N+](=O)[O-])cc1)c1ccccc1. The van der Waals surface area contributed by atoms with Crippen LogP contribution in [0.15, 0.2) is 54.6 Å². The number of hydrogen-bond donors (Lipinski definition) is 3. The lowest BCUT2D eigenvalue weighted by Gasteiger charge is -2.23. The number of nitro groups is 1. The van der Waals surface area contributed by atoms with Crippen LogP contribution in [0.25, 0.3) is 0 Å². The third-order valence-electron chi connectivity index (χ3n) is 3.70. The minimum Gasteiger partial charge on any atom is -0.356 e.